The van der Waals surface area contributed by atoms with E-state index in [-0.39, 0.29) is 0 Å². The third-order valence-electron chi connectivity index (χ3n) is 4.12. The Hall–Kier alpha value is -3.03. The molecule has 0 amide bonds. The molecule has 0 radical (unpaired) electrons. The van der Waals surface area contributed by atoms with E-state index in [0.29, 0.717) is 35.5 Å². The van der Waals surface area contributed by atoms with Gasteiger partial charge in [0.15, 0.2) is 11.2 Å². The number of nitrogens with one attached hydrogen (secondary N) is 1. The summed E-state index contributed by atoms with van der Waals surface area (Å²) in [5.74, 6) is 2.23. The summed E-state index contributed by atoms with van der Waals surface area (Å²) in [6.45, 7) is 5.42. The van der Waals surface area contributed by atoms with E-state index in [4.69, 9.17) is 14.2 Å². The molecule has 1 aromatic carbocycles. The van der Waals surface area contributed by atoms with Crippen LogP contribution in [0.3, 0.4) is 0 Å². The molecule has 1 N–H and O–H groups in total. The summed E-state index contributed by atoms with van der Waals surface area (Å²) in [7, 11) is 3.22. The lowest BCUT2D eigenvalue weighted by Gasteiger charge is -2.13. The van der Waals surface area contributed by atoms with Gasteiger partial charge >= 0.3 is 0 Å². The summed E-state index contributed by atoms with van der Waals surface area (Å²) in [6, 6.07) is 5.51. The molecule has 8 heteroatoms. The summed E-state index contributed by atoms with van der Waals surface area (Å²) in [5.41, 5.74) is 2.15. The fourth-order valence-electron chi connectivity index (χ4n) is 2.73. The highest BCUT2D eigenvalue weighted by molar-refractivity contribution is 5.79. The quantitative estimate of drug-likeness (QED) is 0.613. The highest BCUT2D eigenvalue weighted by Crippen LogP contribution is 2.32. The topological polar surface area (TPSA) is 83.3 Å². The maximum Gasteiger partial charge on any atom is 0.247 e. The normalized spacial score (nSPS) is 10.8. The van der Waals surface area contributed by atoms with Gasteiger partial charge in [-0.1, -0.05) is 13.3 Å². The lowest BCUT2D eigenvalue weighted by Crippen LogP contribution is -2.05. The molecule has 0 aliphatic carbocycles. The highest BCUT2D eigenvalue weighted by atomic mass is 16.5. The fraction of sp³-hybridized carbons (Fsp3) is 0.421. The van der Waals surface area contributed by atoms with E-state index < -0.39 is 0 Å². The number of unbranched alkanes of at least 4 members (excludes halogenated alkanes) is 1. The first kappa shape index (κ1) is 18.8. The second-order valence-corrected chi connectivity index (χ2v) is 5.94. The first-order chi connectivity index (χ1) is 13.2. The van der Waals surface area contributed by atoms with Gasteiger partial charge in [-0.25, -0.2) is 4.98 Å². The van der Waals surface area contributed by atoms with Crippen molar-refractivity contribution >= 4 is 22.8 Å². The number of rotatable bonds is 9. The Labute approximate surface area is 158 Å². The molecule has 0 saturated heterocycles. The second kappa shape index (κ2) is 8.57. The van der Waals surface area contributed by atoms with Crippen molar-refractivity contribution in [2.24, 2.45) is 0 Å². The Morgan fingerprint density at radius 1 is 1.11 bits per heavy atom. The minimum absolute atomic E-state index is 0.424. The number of methoxy groups -OCH3 is 2. The van der Waals surface area contributed by atoms with E-state index in [9.17, 15) is 0 Å². The molecule has 3 rings (SSSR count). The van der Waals surface area contributed by atoms with Crippen LogP contribution in [0.15, 0.2) is 24.5 Å². The molecule has 0 aliphatic rings. The van der Waals surface area contributed by atoms with Crippen LogP contribution >= 0.6 is 0 Å². The van der Waals surface area contributed by atoms with Gasteiger partial charge in [-0.2, -0.15) is 9.97 Å². The average molecular weight is 371 g/mol. The van der Waals surface area contributed by atoms with Crippen LogP contribution in [-0.2, 0) is 6.54 Å². The fourth-order valence-corrected chi connectivity index (χ4v) is 2.73. The molecule has 144 valence electrons. The first-order valence-electron chi connectivity index (χ1n) is 9.04. The van der Waals surface area contributed by atoms with Crippen LogP contribution in [0.4, 0.5) is 11.6 Å². The maximum atomic E-state index is 5.69. The van der Waals surface area contributed by atoms with Crippen LogP contribution in [0, 0.1) is 0 Å². The molecule has 0 fully saturated rings. The molecule has 8 nitrogen and oxygen atoms in total. The molecule has 27 heavy (non-hydrogen) atoms. The number of aryl methyl sites for hydroxylation is 1. The van der Waals surface area contributed by atoms with Crippen molar-refractivity contribution in [3.8, 4) is 17.4 Å². The predicted octanol–water partition coefficient (Wildman–Crippen LogP) is 3.79. The predicted molar refractivity (Wildman–Crippen MR) is 104 cm³/mol. The molecule has 3 aromatic rings. The average Bonchev–Trinajstić information content (AvgIpc) is 3.10. The zero-order chi connectivity index (χ0) is 19.2. The summed E-state index contributed by atoms with van der Waals surface area (Å²) in [6.07, 6.45) is 3.93. The number of hydrogen-bond donors (Lipinski definition) is 1. The van der Waals surface area contributed by atoms with Crippen molar-refractivity contribution in [2.45, 2.75) is 33.2 Å². The lowest BCUT2D eigenvalue weighted by atomic mass is 10.2. The molecule has 2 aromatic heterocycles. The van der Waals surface area contributed by atoms with Crippen LogP contribution in [0.2, 0.25) is 0 Å². The molecule has 0 unspecified atom stereocenters. The van der Waals surface area contributed by atoms with Crippen molar-refractivity contribution in [3.05, 3.63) is 24.5 Å². The smallest absolute Gasteiger partial charge is 0.247 e. The van der Waals surface area contributed by atoms with Crippen LogP contribution in [-0.4, -0.2) is 40.3 Å². The van der Waals surface area contributed by atoms with Crippen molar-refractivity contribution in [1.29, 1.82) is 0 Å². The van der Waals surface area contributed by atoms with Gasteiger partial charge in [-0.3, -0.25) is 0 Å². The van der Waals surface area contributed by atoms with Gasteiger partial charge in [-0.15, -0.1) is 0 Å². The molecule has 0 atom stereocenters. The Kier molecular flexibility index (Phi) is 5.95. The van der Waals surface area contributed by atoms with Gasteiger partial charge in [0.1, 0.15) is 11.5 Å². The number of fused-ring (bicyclic) bond motifs is 1. The van der Waals surface area contributed by atoms with E-state index in [0.717, 1.165) is 30.7 Å². The van der Waals surface area contributed by atoms with Crippen molar-refractivity contribution in [2.75, 3.05) is 26.1 Å². The molecule has 0 aliphatic heterocycles. The minimum Gasteiger partial charge on any atom is -0.497 e. The number of imidazole rings is 1. The largest absolute Gasteiger partial charge is 0.497 e. The number of anilines is 2. The summed E-state index contributed by atoms with van der Waals surface area (Å²) in [5, 5.41) is 3.21. The molecule has 2 heterocycles. The number of aromatic nitrogens is 4. The summed E-state index contributed by atoms with van der Waals surface area (Å²) in [4.78, 5) is 13.6. The summed E-state index contributed by atoms with van der Waals surface area (Å²) < 4.78 is 18.4. The van der Waals surface area contributed by atoms with Gasteiger partial charge < -0.3 is 24.1 Å². The Morgan fingerprint density at radius 2 is 1.96 bits per heavy atom. The molecule has 0 bridgehead atoms. The number of ether oxygens (including phenoxy) is 3. The second-order valence-electron chi connectivity index (χ2n) is 5.94. The van der Waals surface area contributed by atoms with Crippen LogP contribution in [0.1, 0.15) is 26.7 Å². The number of hydrogen-bond acceptors (Lipinski definition) is 7. The van der Waals surface area contributed by atoms with E-state index in [1.54, 1.807) is 26.6 Å². The van der Waals surface area contributed by atoms with E-state index in [1.807, 2.05) is 23.6 Å². The van der Waals surface area contributed by atoms with Gasteiger partial charge in [-0.05, 0) is 25.5 Å². The Morgan fingerprint density at radius 3 is 2.67 bits per heavy atom. The SMILES string of the molecule is CCCCn1cnc2c(OCC)nc(Nc3ccc(OC)cc3OC)nc21. The van der Waals surface area contributed by atoms with E-state index in [2.05, 4.69) is 27.2 Å². The van der Waals surface area contributed by atoms with Gasteiger partial charge in [0.25, 0.3) is 0 Å². The van der Waals surface area contributed by atoms with Gasteiger partial charge in [0, 0.05) is 12.6 Å². The molecule has 0 spiro atoms. The number of benzene rings is 1. The standard InChI is InChI=1S/C19H25N5O3/c1-5-7-10-24-12-20-16-17(24)22-19(23-18(16)27-6-2)21-14-9-8-13(25-3)11-15(14)26-4/h8-9,11-12H,5-7,10H2,1-4H3,(H,21,22,23). The molecule has 0 saturated carbocycles. The Bertz CT molecular complexity index is 910. The molecular formula is C19H25N5O3. The third-order valence-corrected chi connectivity index (χ3v) is 4.12. The summed E-state index contributed by atoms with van der Waals surface area (Å²) >= 11 is 0. The molecular weight excluding hydrogens is 346 g/mol. The monoisotopic (exact) mass is 371 g/mol. The van der Waals surface area contributed by atoms with Crippen LogP contribution in [0.25, 0.3) is 11.2 Å². The van der Waals surface area contributed by atoms with Crippen molar-refractivity contribution in [1.82, 2.24) is 19.5 Å². The van der Waals surface area contributed by atoms with Crippen molar-refractivity contribution in [3.63, 3.8) is 0 Å². The van der Waals surface area contributed by atoms with Crippen LogP contribution < -0.4 is 19.5 Å². The maximum absolute atomic E-state index is 5.69. The Balaban J connectivity index is 2.00. The lowest BCUT2D eigenvalue weighted by molar-refractivity contribution is 0.330. The minimum atomic E-state index is 0.424. The zero-order valence-corrected chi connectivity index (χ0v) is 16.2. The van der Waals surface area contributed by atoms with Gasteiger partial charge in [0.2, 0.25) is 11.8 Å². The number of nitrogens with zero attached hydrogens (tertiary/aromatic N) is 4. The van der Waals surface area contributed by atoms with E-state index >= 15 is 0 Å². The van der Waals surface area contributed by atoms with Crippen molar-refractivity contribution < 1.29 is 14.2 Å². The highest BCUT2D eigenvalue weighted by Gasteiger charge is 2.15. The zero-order valence-electron chi connectivity index (χ0n) is 16.2. The first-order valence-corrected chi connectivity index (χ1v) is 9.04. The van der Waals surface area contributed by atoms with Crippen LogP contribution in [0.5, 0.6) is 17.4 Å². The van der Waals surface area contributed by atoms with E-state index in [1.165, 1.54) is 0 Å². The third kappa shape index (κ3) is 4.05. The van der Waals surface area contributed by atoms with Gasteiger partial charge in [0.05, 0.1) is 32.8 Å².